The normalized spacial score (nSPS) is 24.8. The summed E-state index contributed by atoms with van der Waals surface area (Å²) in [6.07, 6.45) is 10.5. The fourth-order valence-corrected chi connectivity index (χ4v) is 2.88. The molecule has 0 spiro atoms. The van der Waals surface area contributed by atoms with Crippen molar-refractivity contribution in [3.8, 4) is 0 Å². The molecule has 2 saturated carbocycles. The van der Waals surface area contributed by atoms with Crippen LogP contribution in [0.4, 0.5) is 0 Å². The molecule has 0 bridgehead atoms. The average Bonchev–Trinajstić information content (AvgIpc) is 2.25. The van der Waals surface area contributed by atoms with Gasteiger partial charge in [0.2, 0.25) is 5.91 Å². The summed E-state index contributed by atoms with van der Waals surface area (Å²) in [4.78, 5) is 11.9. The number of rotatable bonds is 4. The zero-order chi connectivity index (χ0) is 11.4. The Kier molecular flexibility index (Phi) is 3.85. The molecule has 2 fully saturated rings. The molecule has 2 rings (SSSR count). The van der Waals surface area contributed by atoms with E-state index in [9.17, 15) is 4.79 Å². The van der Waals surface area contributed by atoms with Crippen LogP contribution in [-0.4, -0.2) is 24.5 Å². The molecule has 3 heteroatoms. The van der Waals surface area contributed by atoms with E-state index in [1.54, 1.807) is 0 Å². The summed E-state index contributed by atoms with van der Waals surface area (Å²) in [5, 5.41) is 6.54. The van der Waals surface area contributed by atoms with Crippen LogP contribution in [0.15, 0.2) is 0 Å². The van der Waals surface area contributed by atoms with E-state index in [0.717, 1.165) is 12.8 Å². The lowest BCUT2D eigenvalue weighted by molar-refractivity contribution is -0.124. The molecule has 0 heterocycles. The lowest BCUT2D eigenvalue weighted by Gasteiger charge is -2.37. The molecule has 0 aromatic rings. The SMILES string of the molecule is CNC1(CC(=O)NC2CCC2)CCCCC1. The largest absolute Gasteiger partial charge is 0.353 e. The molecule has 0 unspecified atom stereocenters. The van der Waals surface area contributed by atoms with Gasteiger partial charge in [-0.05, 0) is 39.2 Å². The molecule has 2 N–H and O–H groups in total. The van der Waals surface area contributed by atoms with E-state index in [4.69, 9.17) is 0 Å². The highest BCUT2D eigenvalue weighted by atomic mass is 16.1. The van der Waals surface area contributed by atoms with Gasteiger partial charge in [-0.1, -0.05) is 19.3 Å². The maximum absolute atomic E-state index is 11.9. The Morgan fingerprint density at radius 3 is 2.38 bits per heavy atom. The first kappa shape index (κ1) is 11.9. The second-order valence-corrected chi connectivity index (χ2v) is 5.46. The third-order valence-electron chi connectivity index (χ3n) is 4.31. The second-order valence-electron chi connectivity index (χ2n) is 5.46. The lowest BCUT2D eigenvalue weighted by atomic mass is 9.79. The highest BCUT2D eigenvalue weighted by Crippen LogP contribution is 2.31. The van der Waals surface area contributed by atoms with Gasteiger partial charge in [0.15, 0.2) is 0 Å². The van der Waals surface area contributed by atoms with Crippen molar-refractivity contribution < 1.29 is 4.79 Å². The average molecular weight is 224 g/mol. The van der Waals surface area contributed by atoms with Gasteiger partial charge >= 0.3 is 0 Å². The standard InChI is InChI=1S/C13H24N2O/c1-14-13(8-3-2-4-9-13)10-12(16)15-11-6-5-7-11/h11,14H,2-10H2,1H3,(H,15,16). The topological polar surface area (TPSA) is 41.1 Å². The van der Waals surface area contributed by atoms with E-state index in [2.05, 4.69) is 10.6 Å². The van der Waals surface area contributed by atoms with Gasteiger partial charge in [0, 0.05) is 18.0 Å². The minimum atomic E-state index is 0.0894. The molecule has 0 saturated heterocycles. The van der Waals surface area contributed by atoms with Crippen LogP contribution >= 0.6 is 0 Å². The Labute approximate surface area is 98.4 Å². The predicted octanol–water partition coefficient (Wildman–Crippen LogP) is 1.97. The van der Waals surface area contributed by atoms with E-state index >= 15 is 0 Å². The van der Waals surface area contributed by atoms with Crippen molar-refractivity contribution in [2.24, 2.45) is 0 Å². The highest BCUT2D eigenvalue weighted by Gasteiger charge is 2.33. The molecule has 0 aliphatic heterocycles. The van der Waals surface area contributed by atoms with E-state index in [0.29, 0.717) is 12.5 Å². The maximum atomic E-state index is 11.9. The summed E-state index contributed by atoms with van der Waals surface area (Å²) in [7, 11) is 2.00. The summed E-state index contributed by atoms with van der Waals surface area (Å²) >= 11 is 0. The van der Waals surface area contributed by atoms with Gasteiger partial charge in [-0.2, -0.15) is 0 Å². The summed E-state index contributed by atoms with van der Waals surface area (Å²) < 4.78 is 0. The Hall–Kier alpha value is -0.570. The summed E-state index contributed by atoms with van der Waals surface area (Å²) in [6.45, 7) is 0. The number of amides is 1. The molecule has 2 aliphatic rings. The van der Waals surface area contributed by atoms with Gasteiger partial charge in [0.1, 0.15) is 0 Å². The van der Waals surface area contributed by atoms with Crippen LogP contribution in [0.3, 0.4) is 0 Å². The lowest BCUT2D eigenvalue weighted by Crippen LogP contribution is -2.50. The molecular formula is C13H24N2O. The number of hydrogen-bond donors (Lipinski definition) is 2. The summed E-state index contributed by atoms with van der Waals surface area (Å²) in [5.74, 6) is 0.251. The quantitative estimate of drug-likeness (QED) is 0.766. The number of nitrogens with one attached hydrogen (secondary N) is 2. The van der Waals surface area contributed by atoms with Crippen LogP contribution in [0.1, 0.15) is 57.8 Å². The smallest absolute Gasteiger partial charge is 0.222 e. The van der Waals surface area contributed by atoms with E-state index < -0.39 is 0 Å². The van der Waals surface area contributed by atoms with Crippen molar-refractivity contribution >= 4 is 5.91 Å². The fraction of sp³-hybridized carbons (Fsp3) is 0.923. The minimum Gasteiger partial charge on any atom is -0.353 e. The first-order valence-electron chi connectivity index (χ1n) is 6.72. The zero-order valence-electron chi connectivity index (χ0n) is 10.3. The molecule has 0 aromatic heterocycles. The molecular weight excluding hydrogens is 200 g/mol. The Morgan fingerprint density at radius 2 is 1.88 bits per heavy atom. The summed E-state index contributed by atoms with van der Waals surface area (Å²) in [6, 6.07) is 0.477. The molecule has 92 valence electrons. The van der Waals surface area contributed by atoms with Crippen LogP contribution in [-0.2, 0) is 4.79 Å². The Morgan fingerprint density at radius 1 is 1.19 bits per heavy atom. The van der Waals surface area contributed by atoms with Gasteiger partial charge in [-0.25, -0.2) is 0 Å². The van der Waals surface area contributed by atoms with Crippen LogP contribution in [0.5, 0.6) is 0 Å². The van der Waals surface area contributed by atoms with Crippen molar-refractivity contribution in [3.63, 3.8) is 0 Å². The van der Waals surface area contributed by atoms with Gasteiger partial charge in [-0.15, -0.1) is 0 Å². The third-order valence-corrected chi connectivity index (χ3v) is 4.31. The van der Waals surface area contributed by atoms with Gasteiger partial charge in [0.05, 0.1) is 0 Å². The molecule has 0 aromatic carbocycles. The highest BCUT2D eigenvalue weighted by molar-refractivity contribution is 5.77. The zero-order valence-corrected chi connectivity index (χ0v) is 10.3. The predicted molar refractivity (Wildman–Crippen MR) is 65.3 cm³/mol. The van der Waals surface area contributed by atoms with Crippen LogP contribution in [0.2, 0.25) is 0 Å². The third kappa shape index (κ3) is 2.76. The van der Waals surface area contributed by atoms with Crippen molar-refractivity contribution in [3.05, 3.63) is 0 Å². The van der Waals surface area contributed by atoms with Crippen molar-refractivity contribution in [1.82, 2.24) is 10.6 Å². The summed E-state index contributed by atoms with van der Waals surface area (Å²) in [5.41, 5.74) is 0.0894. The number of carbonyl (C=O) groups is 1. The first-order chi connectivity index (χ1) is 7.74. The van der Waals surface area contributed by atoms with Crippen LogP contribution in [0.25, 0.3) is 0 Å². The van der Waals surface area contributed by atoms with Crippen LogP contribution < -0.4 is 10.6 Å². The maximum Gasteiger partial charge on any atom is 0.222 e. The molecule has 2 aliphatic carbocycles. The number of hydrogen-bond acceptors (Lipinski definition) is 2. The van der Waals surface area contributed by atoms with Crippen molar-refractivity contribution in [2.75, 3.05) is 7.05 Å². The molecule has 16 heavy (non-hydrogen) atoms. The van der Waals surface area contributed by atoms with E-state index in [1.807, 2.05) is 7.05 Å². The van der Waals surface area contributed by atoms with Gasteiger partial charge < -0.3 is 10.6 Å². The number of carbonyl (C=O) groups excluding carboxylic acids is 1. The molecule has 1 amide bonds. The molecule has 0 atom stereocenters. The van der Waals surface area contributed by atoms with Crippen LogP contribution in [0, 0.1) is 0 Å². The monoisotopic (exact) mass is 224 g/mol. The minimum absolute atomic E-state index is 0.0894. The Bertz CT molecular complexity index is 242. The van der Waals surface area contributed by atoms with E-state index in [1.165, 1.54) is 38.5 Å². The molecule has 3 nitrogen and oxygen atoms in total. The Balaban J connectivity index is 1.82. The second kappa shape index (κ2) is 5.17. The van der Waals surface area contributed by atoms with E-state index in [-0.39, 0.29) is 11.4 Å². The van der Waals surface area contributed by atoms with Gasteiger partial charge in [-0.3, -0.25) is 4.79 Å². The van der Waals surface area contributed by atoms with Crippen molar-refractivity contribution in [2.45, 2.75) is 69.4 Å². The first-order valence-corrected chi connectivity index (χ1v) is 6.72. The van der Waals surface area contributed by atoms with Crippen molar-refractivity contribution in [1.29, 1.82) is 0 Å². The molecule has 0 radical (unpaired) electrons. The van der Waals surface area contributed by atoms with Gasteiger partial charge in [0.25, 0.3) is 0 Å². The fourth-order valence-electron chi connectivity index (χ4n) is 2.88.